The predicted molar refractivity (Wildman–Crippen MR) is 97.9 cm³/mol. The Morgan fingerprint density at radius 2 is 2.30 bits per heavy atom. The summed E-state index contributed by atoms with van der Waals surface area (Å²) in [6, 6.07) is 8.14. The lowest BCUT2D eigenvalue weighted by molar-refractivity contribution is 0.171. The zero-order valence-electron chi connectivity index (χ0n) is 15.0. The van der Waals surface area contributed by atoms with Crippen LogP contribution in [-0.2, 0) is 13.0 Å². The van der Waals surface area contributed by atoms with E-state index in [9.17, 15) is 0 Å². The quantitative estimate of drug-likeness (QED) is 0.767. The van der Waals surface area contributed by atoms with Crippen molar-refractivity contribution in [3.63, 3.8) is 0 Å². The fraction of sp³-hybridized carbons (Fsp3) is 0.300. The van der Waals surface area contributed by atoms with E-state index in [1.54, 1.807) is 19.6 Å². The average molecular weight is 364 g/mol. The Kier molecular flexibility index (Phi) is 3.94. The molecule has 0 bridgehead atoms. The van der Waals surface area contributed by atoms with Crippen LogP contribution >= 0.6 is 0 Å². The van der Waals surface area contributed by atoms with Crippen LogP contribution in [0.15, 0.2) is 43.0 Å². The Hall–Kier alpha value is -3.06. The second kappa shape index (κ2) is 6.59. The van der Waals surface area contributed by atoms with Crippen molar-refractivity contribution < 1.29 is 14.2 Å². The number of nitrogens with zero attached hydrogens (tertiary/aromatic N) is 3. The molecule has 138 valence electrons. The molecular formula is C20H20N4O3. The minimum Gasteiger partial charge on any atom is -0.493 e. The van der Waals surface area contributed by atoms with Crippen molar-refractivity contribution in [2.75, 3.05) is 20.4 Å². The number of hydrogen-bond donors (Lipinski definition) is 1. The fourth-order valence-corrected chi connectivity index (χ4v) is 3.90. The third-order valence-corrected chi connectivity index (χ3v) is 5.13. The first kappa shape index (κ1) is 16.1. The molecule has 1 N–H and O–H groups in total. The van der Waals surface area contributed by atoms with Crippen LogP contribution in [0.25, 0.3) is 0 Å². The first-order valence-electron chi connectivity index (χ1n) is 8.96. The molecule has 1 atom stereocenters. The Bertz CT molecular complexity index is 957. The van der Waals surface area contributed by atoms with Gasteiger partial charge in [0.15, 0.2) is 11.5 Å². The maximum atomic E-state index is 5.64. The van der Waals surface area contributed by atoms with Gasteiger partial charge in [-0.3, -0.25) is 9.88 Å². The zero-order chi connectivity index (χ0) is 18.2. The second-order valence-corrected chi connectivity index (χ2v) is 6.71. The van der Waals surface area contributed by atoms with Crippen LogP contribution in [0.5, 0.6) is 17.2 Å². The van der Waals surface area contributed by atoms with E-state index in [1.807, 2.05) is 24.4 Å². The van der Waals surface area contributed by atoms with Crippen molar-refractivity contribution in [1.29, 1.82) is 0 Å². The molecule has 0 aliphatic carbocycles. The van der Waals surface area contributed by atoms with Gasteiger partial charge in [0.2, 0.25) is 12.5 Å². The van der Waals surface area contributed by atoms with Crippen LogP contribution in [0.1, 0.15) is 28.6 Å². The number of hydrogen-bond acceptors (Lipinski definition) is 6. The van der Waals surface area contributed by atoms with E-state index in [4.69, 9.17) is 14.2 Å². The molecule has 0 saturated carbocycles. The molecule has 0 fully saturated rings. The van der Waals surface area contributed by atoms with Crippen LogP contribution in [0, 0.1) is 0 Å². The number of fused-ring (bicyclic) bond motifs is 2. The van der Waals surface area contributed by atoms with E-state index in [1.165, 1.54) is 11.3 Å². The van der Waals surface area contributed by atoms with E-state index in [2.05, 4.69) is 25.9 Å². The first-order valence-corrected chi connectivity index (χ1v) is 8.96. The topological polar surface area (TPSA) is 72.5 Å². The molecule has 0 amide bonds. The number of methoxy groups -OCH3 is 1. The highest BCUT2D eigenvalue weighted by atomic mass is 16.7. The Labute approximate surface area is 156 Å². The number of pyridine rings is 1. The molecular weight excluding hydrogens is 344 g/mol. The van der Waals surface area contributed by atoms with Gasteiger partial charge in [0, 0.05) is 37.6 Å². The van der Waals surface area contributed by atoms with Crippen LogP contribution in [0.2, 0.25) is 0 Å². The Balaban J connectivity index is 1.58. The largest absolute Gasteiger partial charge is 0.493 e. The predicted octanol–water partition coefficient (Wildman–Crippen LogP) is 2.69. The van der Waals surface area contributed by atoms with Gasteiger partial charge in [0.25, 0.3) is 0 Å². The molecule has 3 aromatic rings. The average Bonchev–Trinajstić information content (AvgIpc) is 3.37. The van der Waals surface area contributed by atoms with Gasteiger partial charge in [0.05, 0.1) is 25.2 Å². The lowest BCUT2D eigenvalue weighted by Gasteiger charge is -2.35. The minimum atomic E-state index is 0.00334. The number of benzene rings is 1. The summed E-state index contributed by atoms with van der Waals surface area (Å²) in [5.74, 6) is 2.07. The minimum absolute atomic E-state index is 0.00334. The molecule has 0 spiro atoms. The Morgan fingerprint density at radius 3 is 3.15 bits per heavy atom. The lowest BCUT2D eigenvalue weighted by atomic mass is 9.94. The van der Waals surface area contributed by atoms with Crippen molar-refractivity contribution in [1.82, 2.24) is 19.9 Å². The van der Waals surface area contributed by atoms with Crippen molar-refractivity contribution in [3.8, 4) is 17.2 Å². The standard InChI is InChI=1S/C20H20N4O3/c1-25-16-7-14(8-17-20(16)27-12-26-17)19-18-15(22-11-23-18)4-6-24(19)10-13-3-2-5-21-9-13/h2-3,5,7-9,11,19H,4,6,10,12H2,1H3,(H,22,23)/t19-/m0/s1. The van der Waals surface area contributed by atoms with Crippen molar-refractivity contribution in [2.45, 2.75) is 19.0 Å². The van der Waals surface area contributed by atoms with Crippen LogP contribution in [0.4, 0.5) is 0 Å². The van der Waals surface area contributed by atoms with E-state index in [0.29, 0.717) is 17.2 Å². The monoisotopic (exact) mass is 364 g/mol. The highest BCUT2D eigenvalue weighted by Gasteiger charge is 2.33. The summed E-state index contributed by atoms with van der Waals surface area (Å²) in [7, 11) is 1.65. The van der Waals surface area contributed by atoms with Gasteiger partial charge in [-0.1, -0.05) is 6.07 Å². The zero-order valence-corrected chi connectivity index (χ0v) is 15.0. The second-order valence-electron chi connectivity index (χ2n) is 6.71. The molecule has 2 aromatic heterocycles. The Morgan fingerprint density at radius 1 is 1.33 bits per heavy atom. The lowest BCUT2D eigenvalue weighted by Crippen LogP contribution is -2.35. The highest BCUT2D eigenvalue weighted by Crippen LogP contribution is 2.45. The SMILES string of the molecule is COc1cc([C@H]2c3nc[nH]c3CCN2Cc2cccnc2)cc2c1OCO2. The van der Waals surface area contributed by atoms with Crippen molar-refractivity contribution >= 4 is 0 Å². The molecule has 0 saturated heterocycles. The number of ether oxygens (including phenoxy) is 3. The van der Waals surface area contributed by atoms with Crippen LogP contribution in [0.3, 0.4) is 0 Å². The maximum Gasteiger partial charge on any atom is 0.231 e. The fourth-order valence-electron chi connectivity index (χ4n) is 3.90. The molecule has 4 heterocycles. The summed E-state index contributed by atoms with van der Waals surface area (Å²) in [6.45, 7) is 1.93. The number of rotatable bonds is 4. The third-order valence-electron chi connectivity index (χ3n) is 5.13. The maximum absolute atomic E-state index is 5.64. The molecule has 5 rings (SSSR count). The normalized spacial score (nSPS) is 18.3. The van der Waals surface area contributed by atoms with Gasteiger partial charge < -0.3 is 19.2 Å². The molecule has 2 aliphatic heterocycles. The van der Waals surface area contributed by atoms with Crippen LogP contribution in [-0.4, -0.2) is 40.3 Å². The van der Waals surface area contributed by atoms with E-state index in [0.717, 1.165) is 30.8 Å². The summed E-state index contributed by atoms with van der Waals surface area (Å²) in [5.41, 5.74) is 4.48. The molecule has 7 nitrogen and oxygen atoms in total. The third kappa shape index (κ3) is 2.80. The van der Waals surface area contributed by atoms with Gasteiger partial charge in [-0.2, -0.15) is 0 Å². The highest BCUT2D eigenvalue weighted by molar-refractivity contribution is 5.56. The summed E-state index contributed by atoms with van der Waals surface area (Å²) < 4.78 is 16.7. The summed E-state index contributed by atoms with van der Waals surface area (Å²) in [4.78, 5) is 14.6. The number of nitrogens with one attached hydrogen (secondary N) is 1. The van der Waals surface area contributed by atoms with Gasteiger partial charge in [0.1, 0.15) is 0 Å². The molecule has 0 radical (unpaired) electrons. The van der Waals surface area contributed by atoms with Gasteiger partial charge in [-0.15, -0.1) is 0 Å². The molecule has 27 heavy (non-hydrogen) atoms. The number of H-pyrrole nitrogens is 1. The number of aromatic amines is 1. The smallest absolute Gasteiger partial charge is 0.231 e. The summed E-state index contributed by atoms with van der Waals surface area (Å²) >= 11 is 0. The van der Waals surface area contributed by atoms with Crippen LogP contribution < -0.4 is 14.2 Å². The van der Waals surface area contributed by atoms with Gasteiger partial charge in [-0.25, -0.2) is 4.98 Å². The van der Waals surface area contributed by atoms with Gasteiger partial charge in [-0.05, 0) is 29.3 Å². The summed E-state index contributed by atoms with van der Waals surface area (Å²) in [5, 5.41) is 0. The van der Waals surface area contributed by atoms with Crippen molar-refractivity contribution in [2.24, 2.45) is 0 Å². The van der Waals surface area contributed by atoms with E-state index < -0.39 is 0 Å². The first-order chi connectivity index (χ1) is 13.3. The number of imidazole rings is 1. The van der Waals surface area contributed by atoms with E-state index in [-0.39, 0.29) is 12.8 Å². The van der Waals surface area contributed by atoms with E-state index >= 15 is 0 Å². The molecule has 0 unspecified atom stereocenters. The van der Waals surface area contributed by atoms with Crippen molar-refractivity contribution in [3.05, 3.63) is 65.5 Å². The van der Waals surface area contributed by atoms with Gasteiger partial charge >= 0.3 is 0 Å². The molecule has 7 heteroatoms. The number of aromatic nitrogens is 3. The molecule has 1 aromatic carbocycles. The molecule has 2 aliphatic rings. The summed E-state index contributed by atoms with van der Waals surface area (Å²) in [6.07, 6.45) is 6.42.